The van der Waals surface area contributed by atoms with Gasteiger partial charge in [0.05, 0.1) is 24.0 Å². The second-order valence-corrected chi connectivity index (χ2v) is 8.52. The van der Waals surface area contributed by atoms with E-state index in [0.29, 0.717) is 6.61 Å². The lowest BCUT2D eigenvalue weighted by atomic mass is 9.68. The van der Waals surface area contributed by atoms with Gasteiger partial charge < -0.3 is 15.0 Å². The van der Waals surface area contributed by atoms with E-state index in [4.69, 9.17) is 14.8 Å². The van der Waals surface area contributed by atoms with Crippen molar-refractivity contribution in [2.45, 2.75) is 51.2 Å². The quantitative estimate of drug-likeness (QED) is 0.909. The number of carbonyl (C=O) groups is 1. The van der Waals surface area contributed by atoms with Crippen molar-refractivity contribution < 1.29 is 9.53 Å². The molecular formula is C19H25N5O2. The second kappa shape index (κ2) is 5.19. The monoisotopic (exact) mass is 355 g/mol. The number of aromatic nitrogens is 3. The molecule has 0 radical (unpaired) electrons. The molecule has 1 atom stereocenters. The number of anilines is 1. The van der Waals surface area contributed by atoms with Crippen molar-refractivity contribution in [1.82, 2.24) is 19.9 Å². The smallest absolute Gasteiger partial charge is 0.217 e. The molecule has 0 aromatic carbocycles. The average molecular weight is 355 g/mol. The van der Waals surface area contributed by atoms with Gasteiger partial charge in [-0.2, -0.15) is 0 Å². The van der Waals surface area contributed by atoms with Crippen molar-refractivity contribution in [2.24, 2.45) is 5.92 Å². The maximum Gasteiger partial charge on any atom is 0.217 e. The highest BCUT2D eigenvalue weighted by molar-refractivity contribution is 5.74. The summed E-state index contributed by atoms with van der Waals surface area (Å²) >= 11 is 0. The molecule has 2 aromatic heterocycles. The highest BCUT2D eigenvalue weighted by Gasteiger charge is 2.65. The van der Waals surface area contributed by atoms with E-state index < -0.39 is 5.60 Å². The Morgan fingerprint density at radius 1 is 1.42 bits per heavy atom. The molecule has 138 valence electrons. The zero-order valence-electron chi connectivity index (χ0n) is 15.6. The number of nitrogens with zero attached hydrogens (tertiary/aromatic N) is 4. The van der Waals surface area contributed by atoms with E-state index in [2.05, 4.69) is 36.3 Å². The summed E-state index contributed by atoms with van der Waals surface area (Å²) in [7, 11) is 0. The van der Waals surface area contributed by atoms with Crippen LogP contribution in [0.4, 0.5) is 5.69 Å². The van der Waals surface area contributed by atoms with E-state index in [0.717, 1.165) is 48.9 Å². The maximum absolute atomic E-state index is 11.4. The zero-order valence-corrected chi connectivity index (χ0v) is 15.6. The van der Waals surface area contributed by atoms with Crippen molar-refractivity contribution in [3.63, 3.8) is 0 Å². The molecule has 1 saturated carbocycles. The van der Waals surface area contributed by atoms with Crippen molar-refractivity contribution in [3.8, 4) is 0 Å². The number of aryl methyl sites for hydroxylation is 1. The molecule has 5 heterocycles. The molecule has 2 aromatic rings. The largest absolute Gasteiger partial charge is 0.370 e. The summed E-state index contributed by atoms with van der Waals surface area (Å²) in [5, 5.41) is 7.81. The Balaban J connectivity index is 1.46. The predicted octanol–water partition coefficient (Wildman–Crippen LogP) is 1.78. The predicted molar refractivity (Wildman–Crippen MR) is 97.1 cm³/mol. The molecule has 1 aliphatic carbocycles. The van der Waals surface area contributed by atoms with Gasteiger partial charge in [-0.25, -0.2) is 9.50 Å². The van der Waals surface area contributed by atoms with E-state index >= 15 is 0 Å². The first-order chi connectivity index (χ1) is 12.4. The van der Waals surface area contributed by atoms with Gasteiger partial charge in [0, 0.05) is 32.9 Å². The summed E-state index contributed by atoms with van der Waals surface area (Å²) < 4.78 is 7.96. The molecule has 26 heavy (non-hydrogen) atoms. The first kappa shape index (κ1) is 16.1. The fraction of sp³-hybridized carbons (Fsp3) is 0.632. The van der Waals surface area contributed by atoms with Gasteiger partial charge in [0.15, 0.2) is 11.5 Å². The molecule has 1 unspecified atom stereocenters. The van der Waals surface area contributed by atoms with Crippen LogP contribution >= 0.6 is 0 Å². The summed E-state index contributed by atoms with van der Waals surface area (Å²) in [6.45, 7) is 8.68. The lowest BCUT2D eigenvalue weighted by Gasteiger charge is -2.42. The summed E-state index contributed by atoms with van der Waals surface area (Å²) in [6.07, 6.45) is 4.84. The van der Waals surface area contributed by atoms with Crippen LogP contribution < -0.4 is 10.2 Å². The van der Waals surface area contributed by atoms with Gasteiger partial charge in [-0.05, 0) is 30.9 Å². The summed E-state index contributed by atoms with van der Waals surface area (Å²) in [5.74, 6) is 1.47. The lowest BCUT2D eigenvalue weighted by Crippen LogP contribution is -2.58. The molecule has 0 spiro atoms. The van der Waals surface area contributed by atoms with Gasteiger partial charge in [-0.15, -0.1) is 5.10 Å². The summed E-state index contributed by atoms with van der Waals surface area (Å²) in [4.78, 5) is 18.7. The molecule has 7 nitrogen and oxygen atoms in total. The Morgan fingerprint density at radius 3 is 2.92 bits per heavy atom. The molecule has 3 saturated heterocycles. The number of fused-ring (bicyclic) bond motifs is 2. The summed E-state index contributed by atoms with van der Waals surface area (Å²) in [6, 6.07) is 2.21. The van der Waals surface area contributed by atoms with Gasteiger partial charge in [0.1, 0.15) is 5.60 Å². The van der Waals surface area contributed by atoms with Crippen LogP contribution in [0.1, 0.15) is 44.5 Å². The first-order valence-electron chi connectivity index (χ1n) is 9.43. The molecule has 1 N–H and O–H groups in total. The number of rotatable bonds is 3. The Morgan fingerprint density at radius 2 is 2.23 bits per heavy atom. The van der Waals surface area contributed by atoms with Crippen molar-refractivity contribution in [3.05, 3.63) is 23.7 Å². The first-order valence-corrected chi connectivity index (χ1v) is 9.43. The molecule has 4 aliphatic rings. The Hall–Kier alpha value is -2.15. The number of amides is 1. The Labute approximate surface area is 152 Å². The van der Waals surface area contributed by atoms with Crippen LogP contribution in [0.3, 0.4) is 0 Å². The molecule has 7 heteroatoms. The number of pyridine rings is 1. The van der Waals surface area contributed by atoms with Crippen LogP contribution in [0.25, 0.3) is 5.65 Å². The number of carbonyl (C=O) groups excluding carboxylic acids is 1. The summed E-state index contributed by atoms with van der Waals surface area (Å²) in [5.41, 5.74) is 2.56. The molecule has 1 amide bonds. The van der Waals surface area contributed by atoms with Gasteiger partial charge in [0.2, 0.25) is 5.91 Å². The van der Waals surface area contributed by atoms with E-state index in [1.807, 2.05) is 4.52 Å². The third-order valence-electron chi connectivity index (χ3n) is 6.11. The number of ether oxygens (including phenoxy) is 1. The van der Waals surface area contributed by atoms with E-state index in [1.165, 1.54) is 12.1 Å². The average Bonchev–Trinajstić information content (AvgIpc) is 3.27. The third kappa shape index (κ3) is 2.26. The van der Waals surface area contributed by atoms with Crippen LogP contribution in [-0.4, -0.2) is 45.7 Å². The maximum atomic E-state index is 11.4. The highest BCUT2D eigenvalue weighted by Crippen LogP contribution is 2.56. The fourth-order valence-corrected chi connectivity index (χ4v) is 4.91. The third-order valence-corrected chi connectivity index (χ3v) is 6.11. The molecule has 6 rings (SSSR count). The van der Waals surface area contributed by atoms with Crippen molar-refractivity contribution in [1.29, 1.82) is 0 Å². The van der Waals surface area contributed by atoms with Gasteiger partial charge in [-0.1, -0.05) is 6.92 Å². The lowest BCUT2D eigenvalue weighted by molar-refractivity contribution is -0.122. The minimum Gasteiger partial charge on any atom is -0.370 e. The Kier molecular flexibility index (Phi) is 3.20. The Bertz CT molecular complexity index is 899. The molecule has 4 fully saturated rings. The van der Waals surface area contributed by atoms with Crippen molar-refractivity contribution in [2.75, 3.05) is 24.6 Å². The van der Waals surface area contributed by atoms with Crippen molar-refractivity contribution >= 4 is 17.2 Å². The molecular weight excluding hydrogens is 330 g/mol. The van der Waals surface area contributed by atoms with Crippen LogP contribution in [0.5, 0.6) is 0 Å². The second-order valence-electron chi connectivity index (χ2n) is 8.52. The van der Waals surface area contributed by atoms with Gasteiger partial charge in [-0.3, -0.25) is 4.79 Å². The van der Waals surface area contributed by atoms with E-state index in [9.17, 15) is 4.79 Å². The van der Waals surface area contributed by atoms with Gasteiger partial charge >= 0.3 is 0 Å². The molecule has 2 bridgehead atoms. The van der Waals surface area contributed by atoms with Crippen LogP contribution in [0.2, 0.25) is 0 Å². The van der Waals surface area contributed by atoms with E-state index in [-0.39, 0.29) is 11.4 Å². The normalized spacial score (nSPS) is 32.9. The number of nitrogens with one attached hydrogen (secondary N) is 1. The minimum absolute atomic E-state index is 0.00705. The van der Waals surface area contributed by atoms with Gasteiger partial charge in [0.25, 0.3) is 0 Å². The number of hydrogen-bond acceptors (Lipinski definition) is 5. The zero-order chi connectivity index (χ0) is 18.1. The minimum atomic E-state index is -0.441. The number of hydrogen-bond donors (Lipinski definition) is 1. The van der Waals surface area contributed by atoms with Crippen LogP contribution in [0, 0.1) is 12.8 Å². The van der Waals surface area contributed by atoms with Crippen LogP contribution in [0.15, 0.2) is 12.3 Å². The SMILES string of the molecule is CC(=O)NC12COC(c3nc4c(C)cc(N5CCC(C)C5)cn4n3)(C1)C2. The topological polar surface area (TPSA) is 71.8 Å². The van der Waals surface area contributed by atoms with E-state index in [1.54, 1.807) is 6.92 Å². The molecule has 3 aliphatic heterocycles. The standard InChI is InChI=1S/C19H25N5O2/c1-12-4-5-23(7-12)15-6-13(2)16-20-17(22-24(16)8-15)19-9-18(10-19,11-26-19)21-14(3)25/h6,8,12H,4-5,7,9-11H2,1-3H3,(H,21,25). The fourth-order valence-electron chi connectivity index (χ4n) is 4.91. The van der Waals surface area contributed by atoms with Crippen LogP contribution in [-0.2, 0) is 15.1 Å². The highest BCUT2D eigenvalue weighted by atomic mass is 16.5.